The third-order valence-corrected chi connectivity index (χ3v) is 4.18. The lowest BCUT2D eigenvalue weighted by Gasteiger charge is -2.31. The molecule has 1 heterocycles. The molecular weight excluding hydrogens is 296 g/mol. The highest BCUT2D eigenvalue weighted by Crippen LogP contribution is 2.32. The third kappa shape index (κ3) is 3.26. The van der Waals surface area contributed by atoms with E-state index >= 15 is 0 Å². The quantitative estimate of drug-likeness (QED) is 0.487. The van der Waals surface area contributed by atoms with E-state index in [-0.39, 0.29) is 22.9 Å². The van der Waals surface area contributed by atoms with E-state index in [2.05, 4.69) is 0 Å². The molecule has 6 nitrogen and oxygen atoms in total. The Hall–Kier alpha value is -1.82. The zero-order chi connectivity index (χ0) is 15.4. The number of para-hydroxylation sites is 1. The van der Waals surface area contributed by atoms with E-state index in [9.17, 15) is 14.9 Å². The van der Waals surface area contributed by atoms with E-state index in [4.69, 9.17) is 16.3 Å². The van der Waals surface area contributed by atoms with Gasteiger partial charge in [0.1, 0.15) is 0 Å². The van der Waals surface area contributed by atoms with Crippen LogP contribution in [-0.2, 0) is 0 Å². The van der Waals surface area contributed by atoms with E-state index in [1.54, 1.807) is 11.0 Å². The first-order valence-electron chi connectivity index (χ1n) is 6.75. The lowest BCUT2D eigenvalue weighted by atomic mass is 9.98. The number of nitro groups is 1. The minimum Gasteiger partial charge on any atom is -0.490 e. The van der Waals surface area contributed by atoms with Crippen molar-refractivity contribution in [1.29, 1.82) is 0 Å². The Kier molecular flexibility index (Phi) is 5.01. The van der Waals surface area contributed by atoms with Crippen LogP contribution in [0.3, 0.4) is 0 Å². The van der Waals surface area contributed by atoms with Crippen molar-refractivity contribution >= 4 is 23.2 Å². The summed E-state index contributed by atoms with van der Waals surface area (Å²) >= 11 is 5.83. The van der Waals surface area contributed by atoms with E-state index < -0.39 is 4.92 Å². The van der Waals surface area contributed by atoms with Gasteiger partial charge in [-0.2, -0.15) is 0 Å². The highest BCUT2D eigenvalue weighted by molar-refractivity contribution is 6.18. The zero-order valence-electron chi connectivity index (χ0n) is 11.8. The molecule has 0 N–H and O–H groups in total. The van der Waals surface area contributed by atoms with Crippen molar-refractivity contribution in [2.45, 2.75) is 12.8 Å². The molecule has 0 saturated carbocycles. The largest absolute Gasteiger partial charge is 0.490 e. The summed E-state index contributed by atoms with van der Waals surface area (Å²) in [6.45, 7) is 1.23. The van der Waals surface area contributed by atoms with Crippen LogP contribution in [0.5, 0.6) is 5.75 Å². The molecule has 114 valence electrons. The van der Waals surface area contributed by atoms with Crippen molar-refractivity contribution in [3.63, 3.8) is 0 Å². The maximum absolute atomic E-state index is 12.5. The Labute approximate surface area is 127 Å². The number of alkyl halides is 1. The molecule has 7 heteroatoms. The summed E-state index contributed by atoms with van der Waals surface area (Å²) in [6, 6.07) is 4.39. The van der Waals surface area contributed by atoms with Crippen LogP contribution in [0.2, 0.25) is 0 Å². The number of carbonyl (C=O) groups excluding carboxylic acids is 1. The molecule has 1 aromatic rings. The topological polar surface area (TPSA) is 72.7 Å². The molecule has 0 radical (unpaired) electrons. The predicted octanol–water partition coefficient (Wildman–Crippen LogP) is 2.69. The molecule has 1 aliphatic heterocycles. The minimum atomic E-state index is -0.546. The zero-order valence-corrected chi connectivity index (χ0v) is 12.5. The monoisotopic (exact) mass is 312 g/mol. The maximum atomic E-state index is 12.5. The number of amides is 1. The molecule has 0 unspecified atom stereocenters. The fourth-order valence-corrected chi connectivity index (χ4v) is 2.82. The average molecular weight is 313 g/mol. The Morgan fingerprint density at radius 3 is 2.67 bits per heavy atom. The Morgan fingerprint density at radius 1 is 1.48 bits per heavy atom. The molecule has 0 atom stereocenters. The summed E-state index contributed by atoms with van der Waals surface area (Å²) < 4.78 is 5.08. The van der Waals surface area contributed by atoms with Crippen LogP contribution in [0.4, 0.5) is 5.69 Å². The van der Waals surface area contributed by atoms with Crippen LogP contribution in [-0.4, -0.2) is 41.8 Å². The molecule has 0 bridgehead atoms. The van der Waals surface area contributed by atoms with Crippen molar-refractivity contribution in [3.05, 3.63) is 33.9 Å². The molecule has 1 saturated heterocycles. The second-order valence-corrected chi connectivity index (χ2v) is 5.31. The Balaban J connectivity index is 2.24. The number of hydrogen-bond donors (Lipinski definition) is 0. The molecule has 1 aliphatic rings. The number of likely N-dealkylation sites (tertiary alicyclic amines) is 1. The summed E-state index contributed by atoms with van der Waals surface area (Å²) in [5.74, 6) is 0.820. The van der Waals surface area contributed by atoms with Gasteiger partial charge in [-0.05, 0) is 24.8 Å². The Bertz CT molecular complexity index is 542. The minimum absolute atomic E-state index is 0.0203. The van der Waals surface area contributed by atoms with E-state index in [1.807, 2.05) is 0 Å². The molecule has 0 aliphatic carbocycles. The summed E-state index contributed by atoms with van der Waals surface area (Å²) in [6.07, 6.45) is 1.71. The molecule has 1 amide bonds. The molecule has 0 aromatic heterocycles. The van der Waals surface area contributed by atoms with Crippen molar-refractivity contribution in [3.8, 4) is 5.75 Å². The van der Waals surface area contributed by atoms with Gasteiger partial charge in [0.2, 0.25) is 5.75 Å². The highest BCUT2D eigenvalue weighted by atomic mass is 35.5. The van der Waals surface area contributed by atoms with Gasteiger partial charge in [0.05, 0.1) is 17.6 Å². The molecule has 0 spiro atoms. The van der Waals surface area contributed by atoms with Gasteiger partial charge < -0.3 is 9.64 Å². The highest BCUT2D eigenvalue weighted by Gasteiger charge is 2.28. The van der Waals surface area contributed by atoms with Crippen LogP contribution in [0, 0.1) is 16.0 Å². The average Bonchev–Trinajstić information content (AvgIpc) is 2.53. The number of benzene rings is 1. The van der Waals surface area contributed by atoms with Crippen molar-refractivity contribution in [2.75, 3.05) is 26.1 Å². The van der Waals surface area contributed by atoms with Crippen molar-refractivity contribution < 1.29 is 14.5 Å². The molecule has 1 fully saturated rings. The predicted molar refractivity (Wildman–Crippen MR) is 79.0 cm³/mol. The molecule has 1 aromatic carbocycles. The van der Waals surface area contributed by atoms with E-state index in [0.29, 0.717) is 24.9 Å². The van der Waals surface area contributed by atoms with Gasteiger partial charge in [0, 0.05) is 25.0 Å². The smallest absolute Gasteiger partial charge is 0.311 e. The number of nitrogens with zero attached hydrogens (tertiary/aromatic N) is 2. The van der Waals surface area contributed by atoms with Crippen LogP contribution in [0.15, 0.2) is 18.2 Å². The number of halogens is 1. The van der Waals surface area contributed by atoms with Gasteiger partial charge >= 0.3 is 5.69 Å². The number of methoxy groups -OCH3 is 1. The third-order valence-electron chi connectivity index (χ3n) is 3.75. The first kappa shape index (κ1) is 15.6. The fourth-order valence-electron chi connectivity index (χ4n) is 2.51. The van der Waals surface area contributed by atoms with Gasteiger partial charge in [0.25, 0.3) is 5.91 Å². The normalized spacial score (nSPS) is 15.8. The second-order valence-electron chi connectivity index (χ2n) is 5.00. The van der Waals surface area contributed by atoms with Gasteiger partial charge in [-0.3, -0.25) is 14.9 Å². The van der Waals surface area contributed by atoms with Gasteiger partial charge in [0.15, 0.2) is 0 Å². The molecule has 2 rings (SSSR count). The Morgan fingerprint density at radius 2 is 2.14 bits per heavy atom. The van der Waals surface area contributed by atoms with Gasteiger partial charge in [-0.25, -0.2) is 0 Å². The number of rotatable bonds is 4. The fraction of sp³-hybridized carbons (Fsp3) is 0.500. The SMILES string of the molecule is COc1c(C(=O)N2CCC(CCl)CC2)cccc1[N+](=O)[O-]. The lowest BCUT2D eigenvalue weighted by Crippen LogP contribution is -2.39. The first-order chi connectivity index (χ1) is 10.1. The van der Waals surface area contributed by atoms with Crippen molar-refractivity contribution in [2.24, 2.45) is 5.92 Å². The number of ether oxygens (including phenoxy) is 1. The summed E-state index contributed by atoms with van der Waals surface area (Å²) in [7, 11) is 1.33. The second kappa shape index (κ2) is 6.76. The maximum Gasteiger partial charge on any atom is 0.311 e. The van der Waals surface area contributed by atoms with Gasteiger partial charge in [-0.1, -0.05) is 6.07 Å². The number of piperidine rings is 1. The van der Waals surface area contributed by atoms with E-state index in [1.165, 1.54) is 19.2 Å². The molecular formula is C14H17ClN2O4. The summed E-state index contributed by atoms with van der Waals surface area (Å²) in [5, 5.41) is 11.0. The van der Waals surface area contributed by atoms with E-state index in [0.717, 1.165) is 12.8 Å². The lowest BCUT2D eigenvalue weighted by molar-refractivity contribution is -0.385. The van der Waals surface area contributed by atoms with Crippen molar-refractivity contribution in [1.82, 2.24) is 4.90 Å². The molecule has 21 heavy (non-hydrogen) atoms. The van der Waals surface area contributed by atoms with Crippen LogP contribution < -0.4 is 4.74 Å². The number of carbonyl (C=O) groups is 1. The first-order valence-corrected chi connectivity index (χ1v) is 7.28. The van der Waals surface area contributed by atoms with Gasteiger partial charge in [-0.15, -0.1) is 11.6 Å². The summed E-state index contributed by atoms with van der Waals surface area (Å²) in [5.41, 5.74) is 0.0371. The standard InChI is InChI=1S/C14H17ClN2O4/c1-21-13-11(3-2-4-12(13)17(19)20)14(18)16-7-5-10(9-15)6-8-16/h2-4,10H,5-9H2,1H3. The van der Waals surface area contributed by atoms with Crippen LogP contribution in [0.1, 0.15) is 23.2 Å². The van der Waals surface area contributed by atoms with Crippen LogP contribution in [0.25, 0.3) is 0 Å². The summed E-state index contributed by atoms with van der Waals surface area (Å²) in [4.78, 5) is 24.7. The van der Waals surface area contributed by atoms with Crippen LogP contribution >= 0.6 is 11.6 Å². The number of nitro benzene ring substituents is 1. The number of hydrogen-bond acceptors (Lipinski definition) is 4.